The first-order chi connectivity index (χ1) is 6.74. The number of hydrogen-bond acceptors (Lipinski definition) is 3. The first-order valence-electron chi connectivity index (χ1n) is 3.81. The second kappa shape index (κ2) is 5.67. The molecule has 0 radical (unpaired) electrons. The van der Waals surface area contributed by atoms with Crippen LogP contribution >= 0.6 is 23.4 Å². The molecule has 0 aliphatic carbocycles. The number of rotatable bonds is 4. The fraction of sp³-hybridized carbons (Fsp3) is 0.111. The molecule has 0 aromatic carbocycles. The summed E-state index contributed by atoms with van der Waals surface area (Å²) in [6.45, 7) is 0. The minimum atomic E-state index is -0.963. The Balaban J connectivity index is 2.59. The number of aromatic nitrogens is 1. The average Bonchev–Trinajstić information content (AvgIpc) is 2.19. The normalized spacial score (nSPS) is 10.6. The van der Waals surface area contributed by atoms with E-state index in [9.17, 15) is 4.79 Å². The lowest BCUT2D eigenvalue weighted by molar-refractivity contribution is 0.0696. The highest BCUT2D eigenvalue weighted by molar-refractivity contribution is 7.99. The van der Waals surface area contributed by atoms with Gasteiger partial charge in [-0.1, -0.05) is 17.7 Å². The minimum absolute atomic E-state index is 0.197. The molecular weight excluding hydrogens is 222 g/mol. The molecule has 1 rings (SSSR count). The van der Waals surface area contributed by atoms with Crippen molar-refractivity contribution in [2.75, 3.05) is 5.75 Å². The molecule has 1 heterocycles. The smallest absolute Gasteiger partial charge is 0.337 e. The van der Waals surface area contributed by atoms with Crippen molar-refractivity contribution in [2.24, 2.45) is 0 Å². The molecule has 0 unspecified atom stereocenters. The molecule has 1 N–H and O–H groups in total. The van der Waals surface area contributed by atoms with Gasteiger partial charge in [-0.2, -0.15) is 0 Å². The molecule has 0 saturated heterocycles. The van der Waals surface area contributed by atoms with Crippen molar-refractivity contribution < 1.29 is 9.90 Å². The van der Waals surface area contributed by atoms with Gasteiger partial charge in [-0.15, -0.1) is 11.8 Å². The van der Waals surface area contributed by atoms with Crippen LogP contribution in [-0.4, -0.2) is 21.8 Å². The maximum absolute atomic E-state index is 10.5. The molecule has 0 bridgehead atoms. The third-order valence-corrected chi connectivity index (χ3v) is 2.47. The molecule has 0 spiro atoms. The lowest BCUT2D eigenvalue weighted by Crippen LogP contribution is -1.96. The van der Waals surface area contributed by atoms with Crippen LogP contribution in [-0.2, 0) is 0 Å². The summed E-state index contributed by atoms with van der Waals surface area (Å²) < 4.78 is 0. The SMILES string of the molecule is O=C(O)c1ccc(SCC=CCl)nc1. The molecule has 1 aromatic heterocycles. The number of nitrogens with zero attached hydrogens (tertiary/aromatic N) is 1. The van der Waals surface area contributed by atoms with Gasteiger partial charge >= 0.3 is 5.97 Å². The summed E-state index contributed by atoms with van der Waals surface area (Å²) in [7, 11) is 0. The van der Waals surface area contributed by atoms with Crippen LogP contribution < -0.4 is 0 Å². The van der Waals surface area contributed by atoms with Crippen molar-refractivity contribution in [3.8, 4) is 0 Å². The number of thioether (sulfide) groups is 1. The van der Waals surface area contributed by atoms with Crippen LogP contribution in [0, 0.1) is 0 Å². The maximum atomic E-state index is 10.5. The Bertz CT molecular complexity index is 337. The van der Waals surface area contributed by atoms with Gasteiger partial charge in [-0.3, -0.25) is 0 Å². The van der Waals surface area contributed by atoms with E-state index in [1.165, 1.54) is 29.6 Å². The zero-order valence-corrected chi connectivity index (χ0v) is 8.76. The van der Waals surface area contributed by atoms with E-state index in [-0.39, 0.29) is 5.56 Å². The molecule has 14 heavy (non-hydrogen) atoms. The molecule has 0 amide bonds. The summed E-state index contributed by atoms with van der Waals surface area (Å²) in [4.78, 5) is 14.5. The predicted octanol–water partition coefficient (Wildman–Crippen LogP) is 2.62. The van der Waals surface area contributed by atoms with Crippen molar-refractivity contribution in [3.63, 3.8) is 0 Å². The fourth-order valence-corrected chi connectivity index (χ4v) is 1.61. The Kier molecular flexibility index (Phi) is 4.49. The van der Waals surface area contributed by atoms with Crippen molar-refractivity contribution in [3.05, 3.63) is 35.5 Å². The topological polar surface area (TPSA) is 50.2 Å². The molecule has 3 nitrogen and oxygen atoms in total. The zero-order chi connectivity index (χ0) is 10.4. The molecule has 0 atom stereocenters. The molecule has 5 heteroatoms. The van der Waals surface area contributed by atoms with Crippen molar-refractivity contribution in [1.29, 1.82) is 0 Å². The van der Waals surface area contributed by atoms with Gasteiger partial charge in [0.2, 0.25) is 0 Å². The summed E-state index contributed by atoms with van der Waals surface area (Å²) in [6, 6.07) is 3.21. The van der Waals surface area contributed by atoms with Crippen LogP contribution in [0.2, 0.25) is 0 Å². The highest BCUT2D eigenvalue weighted by atomic mass is 35.5. The first kappa shape index (κ1) is 11.1. The summed E-state index contributed by atoms with van der Waals surface area (Å²) >= 11 is 6.83. The second-order valence-electron chi connectivity index (χ2n) is 2.36. The highest BCUT2D eigenvalue weighted by Gasteiger charge is 2.02. The van der Waals surface area contributed by atoms with E-state index in [4.69, 9.17) is 16.7 Å². The van der Waals surface area contributed by atoms with Gasteiger partial charge in [0.15, 0.2) is 0 Å². The van der Waals surface area contributed by atoms with Gasteiger partial charge in [-0.05, 0) is 12.1 Å². The van der Waals surface area contributed by atoms with Gasteiger partial charge < -0.3 is 5.11 Å². The van der Waals surface area contributed by atoms with Gasteiger partial charge in [0.25, 0.3) is 0 Å². The van der Waals surface area contributed by atoms with Crippen molar-refractivity contribution in [2.45, 2.75) is 5.03 Å². The first-order valence-corrected chi connectivity index (χ1v) is 5.23. The number of carboxylic acid groups (broad SMARTS) is 1. The number of hydrogen-bond donors (Lipinski definition) is 1. The Morgan fingerprint density at radius 2 is 2.43 bits per heavy atom. The predicted molar refractivity (Wildman–Crippen MR) is 56.9 cm³/mol. The molecule has 0 fully saturated rings. The Hall–Kier alpha value is -1.00. The van der Waals surface area contributed by atoms with E-state index < -0.39 is 5.97 Å². The van der Waals surface area contributed by atoms with Crippen molar-refractivity contribution in [1.82, 2.24) is 4.98 Å². The molecule has 0 aliphatic heterocycles. The molecular formula is C9H8ClNO2S. The quantitative estimate of drug-likeness (QED) is 0.807. The summed E-state index contributed by atoms with van der Waals surface area (Å²) in [5.41, 5.74) is 1.64. The summed E-state index contributed by atoms with van der Waals surface area (Å²) in [6.07, 6.45) is 3.13. The van der Waals surface area contributed by atoms with Gasteiger partial charge in [0.1, 0.15) is 0 Å². The molecule has 0 saturated carbocycles. The van der Waals surface area contributed by atoms with E-state index in [0.717, 1.165) is 10.8 Å². The Labute approximate surface area is 90.8 Å². The van der Waals surface area contributed by atoms with Crippen LogP contribution in [0.5, 0.6) is 0 Å². The lowest BCUT2D eigenvalue weighted by Gasteiger charge is -1.97. The van der Waals surface area contributed by atoms with Gasteiger partial charge in [0.05, 0.1) is 10.6 Å². The van der Waals surface area contributed by atoms with Crippen LogP contribution in [0.25, 0.3) is 0 Å². The van der Waals surface area contributed by atoms with Gasteiger partial charge in [0, 0.05) is 17.5 Å². The third-order valence-electron chi connectivity index (χ3n) is 1.40. The van der Waals surface area contributed by atoms with E-state index in [1.54, 1.807) is 12.1 Å². The van der Waals surface area contributed by atoms with Gasteiger partial charge in [-0.25, -0.2) is 9.78 Å². The van der Waals surface area contributed by atoms with Crippen LogP contribution in [0.4, 0.5) is 0 Å². The van der Waals surface area contributed by atoms with E-state index in [1.807, 2.05) is 0 Å². The highest BCUT2D eigenvalue weighted by Crippen LogP contribution is 2.15. The molecule has 0 aliphatic rings. The minimum Gasteiger partial charge on any atom is -0.478 e. The Morgan fingerprint density at radius 3 is 2.93 bits per heavy atom. The lowest BCUT2D eigenvalue weighted by atomic mass is 10.3. The average molecular weight is 230 g/mol. The van der Waals surface area contributed by atoms with Crippen LogP contribution in [0.15, 0.2) is 35.0 Å². The van der Waals surface area contributed by atoms with E-state index in [0.29, 0.717) is 0 Å². The molecule has 1 aromatic rings. The monoisotopic (exact) mass is 229 g/mol. The fourth-order valence-electron chi connectivity index (χ4n) is 0.762. The number of carbonyl (C=O) groups is 1. The zero-order valence-electron chi connectivity index (χ0n) is 7.18. The van der Waals surface area contributed by atoms with E-state index in [2.05, 4.69) is 4.98 Å². The number of aromatic carboxylic acids is 1. The van der Waals surface area contributed by atoms with Crippen LogP contribution in [0.1, 0.15) is 10.4 Å². The van der Waals surface area contributed by atoms with Crippen molar-refractivity contribution >= 4 is 29.3 Å². The second-order valence-corrected chi connectivity index (χ2v) is 3.66. The summed E-state index contributed by atoms with van der Waals surface area (Å²) in [5, 5.41) is 9.40. The number of carboxylic acids is 1. The third kappa shape index (κ3) is 3.40. The largest absolute Gasteiger partial charge is 0.478 e. The number of halogens is 1. The summed E-state index contributed by atoms with van der Waals surface area (Å²) in [5.74, 6) is -0.238. The van der Waals surface area contributed by atoms with Crippen LogP contribution in [0.3, 0.4) is 0 Å². The molecule has 74 valence electrons. The number of pyridine rings is 1. The Morgan fingerprint density at radius 1 is 1.64 bits per heavy atom. The maximum Gasteiger partial charge on any atom is 0.337 e. The standard InChI is InChI=1S/C9H8ClNO2S/c10-4-1-5-14-8-3-2-7(6-11-8)9(12)13/h1-4,6H,5H2,(H,12,13). The van der Waals surface area contributed by atoms with E-state index >= 15 is 0 Å².